The molecule has 8 heteroatoms. The van der Waals surface area contributed by atoms with Crippen LogP contribution in [0.5, 0.6) is 5.75 Å². The lowest BCUT2D eigenvalue weighted by atomic mass is 9.78. The summed E-state index contributed by atoms with van der Waals surface area (Å²) in [5.41, 5.74) is 3.35. The molecule has 2 atom stereocenters. The summed E-state index contributed by atoms with van der Waals surface area (Å²) >= 11 is 6.01. The molecule has 7 nitrogen and oxygen atoms in total. The van der Waals surface area contributed by atoms with Gasteiger partial charge in [0.1, 0.15) is 5.75 Å². The third kappa shape index (κ3) is 3.23. The molecular formula is C21H17ClN4O3. The Labute approximate surface area is 171 Å². The van der Waals surface area contributed by atoms with E-state index in [9.17, 15) is 9.90 Å². The topological polar surface area (TPSA) is 100 Å². The maximum Gasteiger partial charge on any atom is 0.219 e. The minimum absolute atomic E-state index is 0.0351. The van der Waals surface area contributed by atoms with Crippen molar-refractivity contribution < 1.29 is 14.5 Å². The number of phenolic OH excluding ortho intramolecular Hbond substituents is 1. The summed E-state index contributed by atoms with van der Waals surface area (Å²) in [6.07, 6.45) is 1.04. The van der Waals surface area contributed by atoms with Crippen LogP contribution in [0.4, 0.5) is 11.6 Å². The Morgan fingerprint density at radius 3 is 2.41 bits per heavy atom. The molecule has 1 aliphatic carbocycles. The molecule has 1 aromatic heterocycles. The largest absolute Gasteiger partial charge is 0.508 e. The first-order chi connectivity index (χ1) is 14.1. The quantitative estimate of drug-likeness (QED) is 0.577. The van der Waals surface area contributed by atoms with Gasteiger partial charge in [-0.25, -0.2) is 4.63 Å². The van der Waals surface area contributed by atoms with Crippen LogP contribution in [0.25, 0.3) is 0 Å². The molecule has 0 amide bonds. The standard InChI is InChI=1S/C21H17ClN4O3/c22-14-5-1-11(2-6-14)13-9-16-18(17(28)10-13)19(12-3-7-15(27)8-4-12)24-21-20(23-16)25-29-26-21/h1-8,13,19,27H,9-10H2,(H,23,25)(H,24,26)/t13-,19+/m0/s1. The molecule has 0 saturated heterocycles. The first-order valence-corrected chi connectivity index (χ1v) is 9.63. The first kappa shape index (κ1) is 17.8. The smallest absolute Gasteiger partial charge is 0.219 e. The fourth-order valence-corrected chi connectivity index (χ4v) is 4.11. The molecule has 2 heterocycles. The van der Waals surface area contributed by atoms with Gasteiger partial charge in [-0.15, -0.1) is 0 Å². The van der Waals surface area contributed by atoms with E-state index in [1.807, 2.05) is 24.3 Å². The van der Waals surface area contributed by atoms with E-state index in [4.69, 9.17) is 16.2 Å². The van der Waals surface area contributed by atoms with E-state index in [2.05, 4.69) is 20.9 Å². The Morgan fingerprint density at radius 2 is 1.66 bits per heavy atom. The number of carbonyl (C=O) groups excluding carboxylic acids is 1. The second-order valence-corrected chi connectivity index (χ2v) is 7.66. The van der Waals surface area contributed by atoms with Crippen molar-refractivity contribution in [3.63, 3.8) is 0 Å². The van der Waals surface area contributed by atoms with Crippen LogP contribution in [0.1, 0.15) is 35.9 Å². The molecule has 3 N–H and O–H groups in total. The predicted molar refractivity (Wildman–Crippen MR) is 108 cm³/mol. The number of hydrogen-bond donors (Lipinski definition) is 3. The zero-order chi connectivity index (χ0) is 20.0. The molecule has 2 aliphatic rings. The highest BCUT2D eigenvalue weighted by Crippen LogP contribution is 2.43. The van der Waals surface area contributed by atoms with E-state index in [-0.39, 0.29) is 17.5 Å². The first-order valence-electron chi connectivity index (χ1n) is 9.25. The van der Waals surface area contributed by atoms with Crippen LogP contribution < -0.4 is 10.6 Å². The van der Waals surface area contributed by atoms with E-state index in [1.54, 1.807) is 24.3 Å². The number of nitrogens with zero attached hydrogens (tertiary/aromatic N) is 2. The van der Waals surface area contributed by atoms with Gasteiger partial charge in [0.25, 0.3) is 0 Å². The van der Waals surface area contributed by atoms with E-state index < -0.39 is 6.04 Å². The van der Waals surface area contributed by atoms with E-state index in [0.29, 0.717) is 35.1 Å². The summed E-state index contributed by atoms with van der Waals surface area (Å²) < 4.78 is 4.87. The molecule has 146 valence electrons. The van der Waals surface area contributed by atoms with Crippen LogP contribution >= 0.6 is 11.6 Å². The SMILES string of the molecule is O=C1C[C@@H](c2ccc(Cl)cc2)CC2=C1[C@@H](c1ccc(O)cc1)Nc1nonc1N2. The van der Waals surface area contributed by atoms with Gasteiger partial charge < -0.3 is 15.7 Å². The lowest BCUT2D eigenvalue weighted by Crippen LogP contribution is -2.27. The lowest BCUT2D eigenvalue weighted by molar-refractivity contribution is -0.116. The molecule has 0 unspecified atom stereocenters. The minimum Gasteiger partial charge on any atom is -0.508 e. The summed E-state index contributed by atoms with van der Waals surface area (Å²) in [6.45, 7) is 0. The summed E-state index contributed by atoms with van der Waals surface area (Å²) in [5, 5.41) is 24.7. The van der Waals surface area contributed by atoms with E-state index >= 15 is 0 Å². The van der Waals surface area contributed by atoms with Crippen molar-refractivity contribution in [2.24, 2.45) is 0 Å². The highest BCUT2D eigenvalue weighted by Gasteiger charge is 2.37. The fourth-order valence-electron chi connectivity index (χ4n) is 3.99. The number of hydrogen-bond acceptors (Lipinski definition) is 7. The van der Waals surface area contributed by atoms with E-state index in [0.717, 1.165) is 16.8 Å². The summed E-state index contributed by atoms with van der Waals surface area (Å²) in [4.78, 5) is 13.3. The Morgan fingerprint density at radius 1 is 0.966 bits per heavy atom. The predicted octanol–water partition coefficient (Wildman–Crippen LogP) is 4.41. The third-order valence-electron chi connectivity index (χ3n) is 5.40. The Balaban J connectivity index is 1.58. The number of carbonyl (C=O) groups is 1. The molecule has 0 bridgehead atoms. The van der Waals surface area contributed by atoms with Crippen molar-refractivity contribution in [3.8, 4) is 5.75 Å². The summed E-state index contributed by atoms with van der Waals surface area (Å²) in [7, 11) is 0. The molecular weight excluding hydrogens is 392 g/mol. The third-order valence-corrected chi connectivity index (χ3v) is 5.66. The van der Waals surface area contributed by atoms with Gasteiger partial charge in [0.15, 0.2) is 5.78 Å². The average molecular weight is 409 g/mol. The van der Waals surface area contributed by atoms with Gasteiger partial charge in [0.05, 0.1) is 6.04 Å². The number of benzene rings is 2. The van der Waals surface area contributed by atoms with Crippen LogP contribution in [0, 0.1) is 0 Å². The molecule has 5 rings (SSSR count). The number of ketones is 1. The van der Waals surface area contributed by atoms with Gasteiger partial charge in [-0.05, 0) is 58.0 Å². The fraction of sp³-hybridized carbons (Fsp3) is 0.190. The molecule has 0 radical (unpaired) electrons. The number of fused-ring (bicyclic) bond motifs is 1. The van der Waals surface area contributed by atoms with Crippen molar-refractivity contribution in [2.75, 3.05) is 10.6 Å². The maximum atomic E-state index is 13.3. The number of halogens is 1. The second kappa shape index (κ2) is 6.93. The normalized spacial score (nSPS) is 20.9. The van der Waals surface area contributed by atoms with Crippen molar-refractivity contribution in [1.82, 2.24) is 10.3 Å². The highest BCUT2D eigenvalue weighted by atomic mass is 35.5. The summed E-state index contributed by atoms with van der Waals surface area (Å²) in [6, 6.07) is 13.9. The Hall–Kier alpha value is -3.32. The zero-order valence-electron chi connectivity index (χ0n) is 15.2. The number of anilines is 2. The van der Waals surface area contributed by atoms with Crippen molar-refractivity contribution >= 4 is 29.0 Å². The number of rotatable bonds is 2. The second-order valence-electron chi connectivity index (χ2n) is 7.23. The number of nitrogens with one attached hydrogen (secondary N) is 2. The Bertz CT molecular complexity index is 1110. The molecule has 29 heavy (non-hydrogen) atoms. The molecule has 0 fully saturated rings. The average Bonchev–Trinajstić information content (AvgIpc) is 3.08. The monoisotopic (exact) mass is 408 g/mol. The van der Waals surface area contributed by atoms with Crippen LogP contribution in [-0.2, 0) is 4.79 Å². The number of phenols is 1. The minimum atomic E-state index is -0.426. The molecule has 2 aromatic carbocycles. The number of aromatic hydroxyl groups is 1. The Kier molecular flexibility index (Phi) is 4.24. The molecule has 3 aromatic rings. The lowest BCUT2D eigenvalue weighted by Gasteiger charge is -2.29. The van der Waals surface area contributed by atoms with Gasteiger partial charge >= 0.3 is 0 Å². The highest BCUT2D eigenvalue weighted by molar-refractivity contribution is 6.30. The molecule has 0 spiro atoms. The maximum absolute atomic E-state index is 13.3. The van der Waals surface area contributed by atoms with Gasteiger partial charge in [0.2, 0.25) is 11.6 Å². The van der Waals surface area contributed by atoms with Gasteiger partial charge in [0, 0.05) is 22.7 Å². The van der Waals surface area contributed by atoms with Crippen LogP contribution in [0.15, 0.2) is 64.4 Å². The number of allylic oxidation sites excluding steroid dienone is 1. The van der Waals surface area contributed by atoms with Crippen LogP contribution in [0.3, 0.4) is 0 Å². The van der Waals surface area contributed by atoms with Gasteiger partial charge in [-0.3, -0.25) is 4.79 Å². The van der Waals surface area contributed by atoms with Crippen molar-refractivity contribution in [2.45, 2.75) is 24.8 Å². The zero-order valence-corrected chi connectivity index (χ0v) is 16.0. The molecule has 1 aliphatic heterocycles. The van der Waals surface area contributed by atoms with Gasteiger partial charge in [-0.1, -0.05) is 35.9 Å². The van der Waals surface area contributed by atoms with Crippen molar-refractivity contribution in [1.29, 1.82) is 0 Å². The number of Topliss-reactive ketones (excluding diaryl/α,β-unsaturated/α-hetero) is 1. The molecule has 0 saturated carbocycles. The van der Waals surface area contributed by atoms with E-state index in [1.165, 1.54) is 0 Å². The van der Waals surface area contributed by atoms with Gasteiger partial charge in [-0.2, -0.15) is 0 Å². The van der Waals surface area contributed by atoms with Crippen LogP contribution in [0.2, 0.25) is 5.02 Å². The summed E-state index contributed by atoms with van der Waals surface area (Å²) in [5.74, 6) is 1.13. The number of aromatic nitrogens is 2. The van der Waals surface area contributed by atoms with Crippen molar-refractivity contribution in [3.05, 3.63) is 76.0 Å². The van der Waals surface area contributed by atoms with Crippen LogP contribution in [-0.4, -0.2) is 21.2 Å².